The molecule has 3 rings (SSSR count). The fourth-order valence-corrected chi connectivity index (χ4v) is 3.95. The quantitative estimate of drug-likeness (QED) is 0.824. The van der Waals surface area contributed by atoms with Gasteiger partial charge in [0.25, 0.3) is 0 Å². The molecule has 132 valence electrons. The van der Waals surface area contributed by atoms with Crippen molar-refractivity contribution in [2.75, 3.05) is 6.54 Å². The van der Waals surface area contributed by atoms with E-state index in [2.05, 4.69) is 92.1 Å². The van der Waals surface area contributed by atoms with Crippen molar-refractivity contribution in [3.63, 3.8) is 0 Å². The molecular weight excluding hydrogens is 308 g/mol. The first kappa shape index (κ1) is 17.7. The normalized spacial score (nSPS) is 22.0. The number of nitrogens with zero attached hydrogens (tertiary/aromatic N) is 2. The van der Waals surface area contributed by atoms with E-state index in [0.29, 0.717) is 12.6 Å². The van der Waals surface area contributed by atoms with E-state index < -0.39 is 0 Å². The van der Waals surface area contributed by atoms with Gasteiger partial charge in [-0.1, -0.05) is 60.7 Å². The molecule has 0 N–H and O–H groups in total. The summed E-state index contributed by atoms with van der Waals surface area (Å²) in [6.45, 7) is 9.05. The highest BCUT2D eigenvalue weighted by molar-refractivity contribution is 5.80. The summed E-state index contributed by atoms with van der Waals surface area (Å²) in [7, 11) is 0. The van der Waals surface area contributed by atoms with Crippen LogP contribution in [0.15, 0.2) is 60.7 Å². The monoisotopic (exact) mass is 336 g/mol. The van der Waals surface area contributed by atoms with Crippen LogP contribution in [0.3, 0.4) is 0 Å². The second kappa shape index (κ2) is 7.40. The fourth-order valence-electron chi connectivity index (χ4n) is 3.95. The van der Waals surface area contributed by atoms with Gasteiger partial charge in [-0.3, -0.25) is 9.69 Å². The van der Waals surface area contributed by atoms with Gasteiger partial charge in [0.2, 0.25) is 5.91 Å². The van der Waals surface area contributed by atoms with Crippen LogP contribution in [0.1, 0.15) is 50.9 Å². The number of amides is 1. The molecule has 0 radical (unpaired) electrons. The van der Waals surface area contributed by atoms with Gasteiger partial charge >= 0.3 is 0 Å². The first-order chi connectivity index (χ1) is 12.0. The van der Waals surface area contributed by atoms with E-state index >= 15 is 0 Å². The van der Waals surface area contributed by atoms with Gasteiger partial charge in [-0.05, 0) is 38.8 Å². The van der Waals surface area contributed by atoms with Gasteiger partial charge in [0, 0.05) is 12.1 Å². The number of rotatable bonds is 4. The van der Waals surface area contributed by atoms with Crippen LogP contribution in [0.4, 0.5) is 0 Å². The topological polar surface area (TPSA) is 23.6 Å². The van der Waals surface area contributed by atoms with Crippen molar-refractivity contribution >= 4 is 5.91 Å². The Balaban J connectivity index is 2.16. The average Bonchev–Trinajstić information content (AvgIpc) is 2.61. The van der Waals surface area contributed by atoms with Crippen molar-refractivity contribution in [2.24, 2.45) is 0 Å². The second-order valence-corrected chi connectivity index (χ2v) is 7.37. The van der Waals surface area contributed by atoms with Gasteiger partial charge in [0.05, 0.1) is 18.6 Å². The Bertz CT molecular complexity index is 696. The zero-order chi connectivity index (χ0) is 18.0. The summed E-state index contributed by atoms with van der Waals surface area (Å²) >= 11 is 0. The highest BCUT2D eigenvalue weighted by Crippen LogP contribution is 2.43. The number of hydrogen-bond donors (Lipinski definition) is 0. The van der Waals surface area contributed by atoms with E-state index in [4.69, 9.17) is 0 Å². The molecule has 1 saturated heterocycles. The number of carbonyl (C=O) groups is 1. The van der Waals surface area contributed by atoms with Crippen molar-refractivity contribution in [2.45, 2.75) is 51.9 Å². The Kier molecular flexibility index (Phi) is 5.24. The fraction of sp³-hybridized carbons (Fsp3) is 0.409. The smallest absolute Gasteiger partial charge is 0.237 e. The van der Waals surface area contributed by atoms with Crippen molar-refractivity contribution in [3.8, 4) is 0 Å². The van der Waals surface area contributed by atoms with Crippen molar-refractivity contribution in [1.29, 1.82) is 0 Å². The van der Waals surface area contributed by atoms with Crippen LogP contribution < -0.4 is 0 Å². The lowest BCUT2D eigenvalue weighted by molar-refractivity contribution is -0.148. The van der Waals surface area contributed by atoms with Crippen LogP contribution in [0.5, 0.6) is 0 Å². The van der Waals surface area contributed by atoms with Gasteiger partial charge in [0.15, 0.2) is 0 Å². The summed E-state index contributed by atoms with van der Waals surface area (Å²) in [5, 5.41) is 0. The van der Waals surface area contributed by atoms with Crippen LogP contribution in [-0.2, 0) is 4.79 Å². The molecule has 0 spiro atoms. The maximum atomic E-state index is 13.0. The Hall–Kier alpha value is -2.13. The van der Waals surface area contributed by atoms with Crippen LogP contribution in [0.25, 0.3) is 0 Å². The molecule has 1 aliphatic rings. The van der Waals surface area contributed by atoms with E-state index in [-0.39, 0.29) is 24.0 Å². The maximum Gasteiger partial charge on any atom is 0.237 e. The molecule has 0 unspecified atom stereocenters. The lowest BCUT2D eigenvalue weighted by atomic mass is 9.87. The summed E-state index contributed by atoms with van der Waals surface area (Å²) in [4.78, 5) is 17.4. The summed E-state index contributed by atoms with van der Waals surface area (Å²) in [6, 6.07) is 21.7. The van der Waals surface area contributed by atoms with Gasteiger partial charge in [-0.2, -0.15) is 0 Å². The third kappa shape index (κ3) is 3.47. The molecule has 3 heteroatoms. The van der Waals surface area contributed by atoms with Crippen LogP contribution in [0, 0.1) is 0 Å². The van der Waals surface area contributed by atoms with E-state index in [0.717, 1.165) is 0 Å². The second-order valence-electron chi connectivity index (χ2n) is 7.37. The molecule has 0 aliphatic carbocycles. The highest BCUT2D eigenvalue weighted by atomic mass is 16.2. The standard InChI is InChI=1S/C22H28N2O/c1-16(2)23-15-20(25)24(17(3)4)22(19-13-9-6-10-14-19)21(23)18-11-7-5-8-12-18/h5-14,16-17,21-22H,15H2,1-4H3/t21-,22-/m1/s1. The van der Waals surface area contributed by atoms with E-state index in [9.17, 15) is 4.79 Å². The Morgan fingerprint density at radius 1 is 0.760 bits per heavy atom. The largest absolute Gasteiger partial charge is 0.330 e. The van der Waals surface area contributed by atoms with Crippen molar-refractivity contribution in [3.05, 3.63) is 71.8 Å². The first-order valence-corrected chi connectivity index (χ1v) is 9.17. The molecule has 1 fully saturated rings. The van der Waals surface area contributed by atoms with Gasteiger partial charge in [0.1, 0.15) is 0 Å². The number of piperazine rings is 1. The van der Waals surface area contributed by atoms with Crippen LogP contribution in [0.2, 0.25) is 0 Å². The predicted molar refractivity (Wildman–Crippen MR) is 102 cm³/mol. The summed E-state index contributed by atoms with van der Waals surface area (Å²) in [5.41, 5.74) is 2.46. The van der Waals surface area contributed by atoms with Gasteiger partial charge in [-0.15, -0.1) is 0 Å². The van der Waals surface area contributed by atoms with Crippen LogP contribution >= 0.6 is 0 Å². The van der Waals surface area contributed by atoms with Gasteiger partial charge in [-0.25, -0.2) is 0 Å². The van der Waals surface area contributed by atoms with Gasteiger partial charge < -0.3 is 4.90 Å². The summed E-state index contributed by atoms with van der Waals surface area (Å²) in [5.74, 6) is 0.213. The van der Waals surface area contributed by atoms with Crippen LogP contribution in [-0.4, -0.2) is 34.3 Å². The number of benzene rings is 2. The molecule has 0 saturated carbocycles. The molecule has 2 atom stereocenters. The lowest BCUT2D eigenvalue weighted by Crippen LogP contribution is -2.57. The molecule has 1 heterocycles. The number of hydrogen-bond acceptors (Lipinski definition) is 2. The zero-order valence-corrected chi connectivity index (χ0v) is 15.6. The average molecular weight is 336 g/mol. The Morgan fingerprint density at radius 3 is 1.68 bits per heavy atom. The zero-order valence-electron chi connectivity index (χ0n) is 15.6. The van der Waals surface area contributed by atoms with Crippen molar-refractivity contribution in [1.82, 2.24) is 9.80 Å². The molecule has 1 amide bonds. The minimum atomic E-state index is 0.0206. The lowest BCUT2D eigenvalue weighted by Gasteiger charge is -2.50. The third-order valence-corrected chi connectivity index (χ3v) is 5.06. The van der Waals surface area contributed by atoms with Crippen molar-refractivity contribution < 1.29 is 4.79 Å². The minimum absolute atomic E-state index is 0.0206. The van der Waals surface area contributed by atoms with E-state index in [1.54, 1.807) is 0 Å². The number of carbonyl (C=O) groups excluding carboxylic acids is 1. The molecule has 3 nitrogen and oxygen atoms in total. The minimum Gasteiger partial charge on any atom is -0.330 e. The molecule has 0 aromatic heterocycles. The molecule has 25 heavy (non-hydrogen) atoms. The van der Waals surface area contributed by atoms with E-state index in [1.165, 1.54) is 11.1 Å². The SMILES string of the molecule is CC(C)N1CC(=O)N(C(C)C)[C@H](c2ccccc2)[C@H]1c1ccccc1. The molecule has 1 aliphatic heterocycles. The maximum absolute atomic E-state index is 13.0. The summed E-state index contributed by atoms with van der Waals surface area (Å²) < 4.78 is 0. The molecule has 2 aromatic carbocycles. The summed E-state index contributed by atoms with van der Waals surface area (Å²) in [6.07, 6.45) is 0. The molecule has 0 bridgehead atoms. The highest BCUT2D eigenvalue weighted by Gasteiger charge is 2.43. The Labute approximate surface area is 151 Å². The molecule has 2 aromatic rings. The third-order valence-electron chi connectivity index (χ3n) is 5.06. The predicted octanol–water partition coefficient (Wildman–Crippen LogP) is 4.43. The molecular formula is C22H28N2O. The first-order valence-electron chi connectivity index (χ1n) is 9.17. The Morgan fingerprint density at radius 2 is 1.24 bits per heavy atom. The van der Waals surface area contributed by atoms with E-state index in [1.807, 2.05) is 6.07 Å².